The molecule has 1 aliphatic rings. The van der Waals surface area contributed by atoms with Crippen LogP contribution in [0.5, 0.6) is 0 Å². The number of thioether (sulfide) groups is 1. The van der Waals surface area contributed by atoms with Crippen LogP contribution in [0.2, 0.25) is 0 Å². The van der Waals surface area contributed by atoms with Crippen molar-refractivity contribution in [3.8, 4) is 5.69 Å². The first-order valence-electron chi connectivity index (χ1n) is 8.02. The minimum absolute atomic E-state index is 0.0462. The van der Waals surface area contributed by atoms with Crippen LogP contribution in [0.1, 0.15) is 33.8 Å². The average molecular weight is 374 g/mol. The number of hydrogen-bond donors (Lipinski definition) is 3. The van der Waals surface area contributed by atoms with Gasteiger partial charge in [0.2, 0.25) is 0 Å². The van der Waals surface area contributed by atoms with Crippen molar-refractivity contribution in [1.82, 2.24) is 15.1 Å². The summed E-state index contributed by atoms with van der Waals surface area (Å²) in [6.45, 7) is 0. The minimum Gasteiger partial charge on any atom is -0.480 e. The van der Waals surface area contributed by atoms with Gasteiger partial charge in [-0.15, -0.1) is 0 Å². The van der Waals surface area contributed by atoms with E-state index in [1.807, 2.05) is 6.07 Å². The summed E-state index contributed by atoms with van der Waals surface area (Å²) < 4.78 is 1.28. The molecular weight excluding hydrogens is 356 g/mol. The molecule has 1 fully saturated rings. The highest BCUT2D eigenvalue weighted by Crippen LogP contribution is 2.28. The Balaban J connectivity index is 1.93. The van der Waals surface area contributed by atoms with Crippen LogP contribution >= 0.6 is 11.8 Å². The molecule has 0 unspecified atom stereocenters. The summed E-state index contributed by atoms with van der Waals surface area (Å²) in [5.41, 5.74) is 4.65. The van der Waals surface area contributed by atoms with Crippen molar-refractivity contribution in [2.75, 3.05) is 11.5 Å². The second-order valence-electron chi connectivity index (χ2n) is 5.98. The van der Waals surface area contributed by atoms with Crippen LogP contribution in [-0.4, -0.2) is 49.7 Å². The predicted molar refractivity (Wildman–Crippen MR) is 96.5 cm³/mol. The van der Waals surface area contributed by atoms with Crippen molar-refractivity contribution in [2.45, 2.75) is 18.4 Å². The first-order valence-corrected chi connectivity index (χ1v) is 9.17. The molecule has 136 valence electrons. The lowest BCUT2D eigenvalue weighted by Crippen LogP contribution is -2.56. The Kier molecular flexibility index (Phi) is 4.99. The van der Waals surface area contributed by atoms with Gasteiger partial charge in [0.25, 0.3) is 11.8 Å². The second-order valence-corrected chi connectivity index (χ2v) is 7.20. The fourth-order valence-corrected chi connectivity index (χ4v) is 4.02. The van der Waals surface area contributed by atoms with E-state index >= 15 is 0 Å². The topological polar surface area (TPSA) is 127 Å². The normalized spacial score (nSPS) is 16.0. The Hall–Kier alpha value is -2.81. The summed E-state index contributed by atoms with van der Waals surface area (Å²) in [5.74, 6) is -1.14. The number of hydrogen-bond acceptors (Lipinski definition) is 5. The maximum Gasteiger partial charge on any atom is 0.329 e. The minimum atomic E-state index is -1.31. The number of primary amides is 1. The van der Waals surface area contributed by atoms with Crippen LogP contribution in [0.15, 0.2) is 36.4 Å². The van der Waals surface area contributed by atoms with Gasteiger partial charge < -0.3 is 16.2 Å². The highest BCUT2D eigenvalue weighted by atomic mass is 32.2. The van der Waals surface area contributed by atoms with Gasteiger partial charge in [0, 0.05) is 6.07 Å². The van der Waals surface area contributed by atoms with E-state index in [4.69, 9.17) is 5.73 Å². The molecule has 1 saturated heterocycles. The fraction of sp³-hybridized carbons (Fsp3) is 0.294. The third kappa shape index (κ3) is 3.43. The number of carbonyl (C=O) groups is 3. The van der Waals surface area contributed by atoms with E-state index in [2.05, 4.69) is 10.4 Å². The van der Waals surface area contributed by atoms with Crippen molar-refractivity contribution in [3.05, 3.63) is 47.8 Å². The molecular formula is C17H18N4O4S. The average Bonchev–Trinajstić information content (AvgIpc) is 3.09. The smallest absolute Gasteiger partial charge is 0.329 e. The third-order valence-electron chi connectivity index (χ3n) is 4.30. The molecule has 1 aliphatic heterocycles. The summed E-state index contributed by atoms with van der Waals surface area (Å²) in [6, 6.07) is 10.1. The lowest BCUT2D eigenvalue weighted by Gasteiger charge is -2.33. The van der Waals surface area contributed by atoms with Gasteiger partial charge in [-0.1, -0.05) is 18.2 Å². The monoisotopic (exact) mass is 374 g/mol. The number of nitrogens with zero attached hydrogens (tertiary/aromatic N) is 2. The molecule has 0 bridgehead atoms. The van der Waals surface area contributed by atoms with E-state index in [1.54, 1.807) is 36.0 Å². The SMILES string of the molecule is NC(=O)c1cc(C(=O)NC2(C(=O)O)CCSCC2)nn1-c1ccccc1. The molecule has 0 atom stereocenters. The Morgan fingerprint density at radius 1 is 1.19 bits per heavy atom. The molecule has 2 amide bonds. The van der Waals surface area contributed by atoms with Crippen LogP contribution in [0.3, 0.4) is 0 Å². The van der Waals surface area contributed by atoms with E-state index in [-0.39, 0.29) is 11.4 Å². The Morgan fingerprint density at radius 3 is 2.42 bits per heavy atom. The van der Waals surface area contributed by atoms with Crippen LogP contribution in [0.25, 0.3) is 5.69 Å². The van der Waals surface area contributed by atoms with Crippen molar-refractivity contribution in [1.29, 1.82) is 0 Å². The molecule has 4 N–H and O–H groups in total. The van der Waals surface area contributed by atoms with Gasteiger partial charge >= 0.3 is 5.97 Å². The van der Waals surface area contributed by atoms with E-state index in [1.165, 1.54) is 10.7 Å². The lowest BCUT2D eigenvalue weighted by atomic mass is 9.92. The Bertz CT molecular complexity index is 844. The van der Waals surface area contributed by atoms with E-state index in [0.29, 0.717) is 30.0 Å². The molecule has 0 spiro atoms. The van der Waals surface area contributed by atoms with Gasteiger partial charge in [-0.25, -0.2) is 9.48 Å². The number of nitrogens with one attached hydrogen (secondary N) is 1. The highest BCUT2D eigenvalue weighted by Gasteiger charge is 2.42. The van der Waals surface area contributed by atoms with E-state index in [0.717, 1.165) is 0 Å². The Labute approximate surface area is 153 Å². The number of carbonyl (C=O) groups excluding carboxylic acids is 2. The van der Waals surface area contributed by atoms with Gasteiger partial charge in [0.05, 0.1) is 5.69 Å². The summed E-state index contributed by atoms with van der Waals surface area (Å²) in [5, 5.41) is 16.3. The molecule has 0 saturated carbocycles. The number of carboxylic acids is 1. The zero-order chi connectivity index (χ0) is 18.7. The standard InChI is InChI=1S/C17H18N4O4S/c18-14(22)13-10-12(20-21(13)11-4-2-1-3-5-11)15(23)19-17(16(24)25)6-8-26-9-7-17/h1-5,10H,6-9H2,(H2,18,22)(H,19,23)(H,24,25). The molecule has 8 nitrogen and oxygen atoms in total. The number of aliphatic carboxylic acids is 1. The molecule has 1 aromatic heterocycles. The molecule has 2 aromatic rings. The summed E-state index contributed by atoms with van der Waals surface area (Å²) in [6.07, 6.45) is 0.668. The highest BCUT2D eigenvalue weighted by molar-refractivity contribution is 7.99. The van der Waals surface area contributed by atoms with Crippen molar-refractivity contribution >= 4 is 29.5 Å². The summed E-state index contributed by atoms with van der Waals surface area (Å²) >= 11 is 1.65. The number of carboxylic acid groups (broad SMARTS) is 1. The number of para-hydroxylation sites is 1. The van der Waals surface area contributed by atoms with Gasteiger partial charge in [-0.3, -0.25) is 9.59 Å². The number of benzene rings is 1. The predicted octanol–water partition coefficient (Wildman–Crippen LogP) is 1.05. The Morgan fingerprint density at radius 2 is 1.85 bits per heavy atom. The lowest BCUT2D eigenvalue weighted by molar-refractivity contribution is -0.144. The van der Waals surface area contributed by atoms with E-state index < -0.39 is 23.3 Å². The zero-order valence-electron chi connectivity index (χ0n) is 13.8. The summed E-state index contributed by atoms with van der Waals surface area (Å²) in [7, 11) is 0. The molecule has 1 aromatic carbocycles. The molecule has 2 heterocycles. The van der Waals surface area contributed by atoms with Gasteiger partial charge in [0.1, 0.15) is 11.2 Å². The van der Waals surface area contributed by atoms with E-state index in [9.17, 15) is 19.5 Å². The third-order valence-corrected chi connectivity index (χ3v) is 5.29. The number of amides is 2. The number of rotatable bonds is 5. The molecule has 3 rings (SSSR count). The molecule has 26 heavy (non-hydrogen) atoms. The fourth-order valence-electron chi connectivity index (χ4n) is 2.83. The van der Waals surface area contributed by atoms with Crippen molar-refractivity contribution < 1.29 is 19.5 Å². The largest absolute Gasteiger partial charge is 0.480 e. The van der Waals surface area contributed by atoms with Gasteiger partial charge in [-0.05, 0) is 36.5 Å². The van der Waals surface area contributed by atoms with Crippen LogP contribution in [0.4, 0.5) is 0 Å². The first kappa shape index (κ1) is 18.0. The molecule has 0 radical (unpaired) electrons. The zero-order valence-corrected chi connectivity index (χ0v) is 14.7. The maximum atomic E-state index is 12.6. The van der Waals surface area contributed by atoms with Crippen molar-refractivity contribution in [2.24, 2.45) is 5.73 Å². The summed E-state index contributed by atoms with van der Waals surface area (Å²) in [4.78, 5) is 36.1. The molecule has 9 heteroatoms. The van der Waals surface area contributed by atoms with Crippen LogP contribution in [-0.2, 0) is 4.79 Å². The molecule has 0 aliphatic carbocycles. The first-order chi connectivity index (χ1) is 12.4. The van der Waals surface area contributed by atoms with Gasteiger partial charge in [0.15, 0.2) is 5.69 Å². The number of nitrogens with two attached hydrogens (primary N) is 1. The number of aromatic nitrogens is 2. The maximum absolute atomic E-state index is 12.6. The second kappa shape index (κ2) is 7.20. The quantitative estimate of drug-likeness (QED) is 0.718. The van der Waals surface area contributed by atoms with Gasteiger partial charge in [-0.2, -0.15) is 16.9 Å². The van der Waals surface area contributed by atoms with Crippen LogP contribution in [0, 0.1) is 0 Å². The van der Waals surface area contributed by atoms with Crippen molar-refractivity contribution in [3.63, 3.8) is 0 Å². The van der Waals surface area contributed by atoms with Crippen LogP contribution < -0.4 is 11.1 Å².